The summed E-state index contributed by atoms with van der Waals surface area (Å²) < 4.78 is 0. The smallest absolute Gasteiger partial charge is 0.251 e. The molecule has 2 amide bonds. The average Bonchev–Trinajstić information content (AvgIpc) is 3.24. The number of carbonyl (C=O) groups is 2. The van der Waals surface area contributed by atoms with E-state index in [0.29, 0.717) is 23.0 Å². The van der Waals surface area contributed by atoms with Crippen molar-refractivity contribution in [2.45, 2.75) is 38.5 Å². The topological polar surface area (TPSA) is 75.4 Å². The van der Waals surface area contributed by atoms with Gasteiger partial charge in [0.15, 0.2) is 0 Å². The molecule has 1 aromatic heterocycles. The SMILES string of the molecule is NC(=O)c1c(NC(=O)CN2CCC(Cc3ccccc3)CC2)sc2c1CCC2. The number of primary amides is 1. The van der Waals surface area contributed by atoms with Gasteiger partial charge in [0.1, 0.15) is 5.00 Å². The minimum absolute atomic E-state index is 0.0519. The van der Waals surface area contributed by atoms with Gasteiger partial charge in [-0.25, -0.2) is 0 Å². The highest BCUT2D eigenvalue weighted by molar-refractivity contribution is 7.17. The van der Waals surface area contributed by atoms with E-state index in [1.807, 2.05) is 0 Å². The average molecular weight is 398 g/mol. The molecule has 0 spiro atoms. The molecular weight excluding hydrogens is 370 g/mol. The molecule has 4 rings (SSSR count). The van der Waals surface area contributed by atoms with Crippen LogP contribution in [-0.2, 0) is 24.1 Å². The number of rotatable bonds is 6. The Balaban J connectivity index is 1.29. The van der Waals surface area contributed by atoms with E-state index >= 15 is 0 Å². The number of nitrogens with two attached hydrogens (primary N) is 1. The van der Waals surface area contributed by atoms with Gasteiger partial charge in [-0.2, -0.15) is 0 Å². The molecule has 0 atom stereocenters. The van der Waals surface area contributed by atoms with Crippen LogP contribution in [0.1, 0.15) is 45.6 Å². The van der Waals surface area contributed by atoms with Crippen LogP contribution < -0.4 is 11.1 Å². The van der Waals surface area contributed by atoms with Crippen LogP contribution in [0.25, 0.3) is 0 Å². The molecule has 2 heterocycles. The van der Waals surface area contributed by atoms with Gasteiger partial charge in [0.25, 0.3) is 5.91 Å². The molecule has 1 aromatic carbocycles. The highest BCUT2D eigenvalue weighted by Crippen LogP contribution is 2.38. The number of hydrogen-bond donors (Lipinski definition) is 2. The van der Waals surface area contributed by atoms with E-state index in [2.05, 4.69) is 40.5 Å². The normalized spacial score (nSPS) is 17.4. The number of carbonyl (C=O) groups excluding carboxylic acids is 2. The zero-order valence-corrected chi connectivity index (χ0v) is 16.9. The third-order valence-corrected chi connectivity index (χ3v) is 7.07. The van der Waals surface area contributed by atoms with Crippen molar-refractivity contribution in [3.63, 3.8) is 0 Å². The number of hydrogen-bond acceptors (Lipinski definition) is 4. The predicted octanol–water partition coefficient (Wildman–Crippen LogP) is 3.23. The van der Waals surface area contributed by atoms with E-state index in [1.54, 1.807) is 0 Å². The summed E-state index contributed by atoms with van der Waals surface area (Å²) >= 11 is 1.52. The Kier molecular flexibility index (Phi) is 5.78. The van der Waals surface area contributed by atoms with Crippen LogP contribution in [0.5, 0.6) is 0 Å². The first kappa shape index (κ1) is 19.2. The van der Waals surface area contributed by atoms with Gasteiger partial charge in [0.05, 0.1) is 12.1 Å². The Morgan fingerprint density at radius 3 is 2.61 bits per heavy atom. The van der Waals surface area contributed by atoms with E-state index in [-0.39, 0.29) is 5.91 Å². The highest BCUT2D eigenvalue weighted by atomic mass is 32.1. The van der Waals surface area contributed by atoms with Crippen molar-refractivity contribution < 1.29 is 9.59 Å². The molecule has 1 saturated heterocycles. The van der Waals surface area contributed by atoms with Crippen molar-refractivity contribution in [2.75, 3.05) is 25.0 Å². The molecule has 148 valence electrons. The zero-order valence-electron chi connectivity index (χ0n) is 16.1. The number of amides is 2. The van der Waals surface area contributed by atoms with Crippen molar-refractivity contribution in [1.82, 2.24) is 4.90 Å². The molecule has 1 aliphatic heterocycles. The van der Waals surface area contributed by atoms with E-state index in [1.165, 1.54) is 21.8 Å². The molecule has 6 heteroatoms. The first-order chi connectivity index (χ1) is 13.6. The van der Waals surface area contributed by atoms with Crippen LogP contribution in [0, 0.1) is 5.92 Å². The number of nitrogens with one attached hydrogen (secondary N) is 1. The number of likely N-dealkylation sites (tertiary alicyclic amines) is 1. The van der Waals surface area contributed by atoms with Crippen LogP contribution in [0.4, 0.5) is 5.00 Å². The number of nitrogens with zero attached hydrogens (tertiary/aromatic N) is 1. The fourth-order valence-electron chi connectivity index (χ4n) is 4.42. The number of benzene rings is 1. The van der Waals surface area contributed by atoms with Gasteiger partial charge in [0.2, 0.25) is 5.91 Å². The summed E-state index contributed by atoms with van der Waals surface area (Å²) in [6.07, 6.45) is 6.27. The zero-order chi connectivity index (χ0) is 19.5. The molecule has 0 radical (unpaired) electrons. The van der Waals surface area contributed by atoms with E-state index in [4.69, 9.17) is 5.73 Å². The van der Waals surface area contributed by atoms with Gasteiger partial charge in [0, 0.05) is 4.88 Å². The predicted molar refractivity (Wildman–Crippen MR) is 113 cm³/mol. The lowest BCUT2D eigenvalue weighted by Gasteiger charge is -2.31. The summed E-state index contributed by atoms with van der Waals surface area (Å²) in [5.74, 6) is 0.198. The van der Waals surface area contributed by atoms with Crippen molar-refractivity contribution >= 4 is 28.2 Å². The third-order valence-electron chi connectivity index (χ3n) is 5.86. The monoisotopic (exact) mass is 397 g/mol. The van der Waals surface area contributed by atoms with E-state index < -0.39 is 5.91 Å². The molecule has 2 aliphatic rings. The summed E-state index contributed by atoms with van der Waals surface area (Å²) in [5, 5.41) is 3.60. The second-order valence-electron chi connectivity index (χ2n) is 7.88. The highest BCUT2D eigenvalue weighted by Gasteiger charge is 2.27. The molecular formula is C22H27N3O2S. The minimum atomic E-state index is -0.434. The van der Waals surface area contributed by atoms with Crippen molar-refractivity contribution in [3.05, 3.63) is 51.9 Å². The maximum Gasteiger partial charge on any atom is 0.251 e. The molecule has 5 nitrogen and oxygen atoms in total. The van der Waals surface area contributed by atoms with Gasteiger partial charge < -0.3 is 11.1 Å². The van der Waals surface area contributed by atoms with Crippen LogP contribution in [0.3, 0.4) is 0 Å². The maximum atomic E-state index is 12.6. The molecule has 1 aliphatic carbocycles. The number of piperidine rings is 1. The van der Waals surface area contributed by atoms with Crippen molar-refractivity contribution in [2.24, 2.45) is 11.7 Å². The Bertz CT molecular complexity index is 854. The minimum Gasteiger partial charge on any atom is -0.365 e. The van der Waals surface area contributed by atoms with Gasteiger partial charge in [-0.05, 0) is 68.7 Å². The maximum absolute atomic E-state index is 12.6. The van der Waals surface area contributed by atoms with E-state index in [9.17, 15) is 9.59 Å². The van der Waals surface area contributed by atoms with Crippen molar-refractivity contribution in [1.29, 1.82) is 0 Å². The largest absolute Gasteiger partial charge is 0.365 e. The summed E-state index contributed by atoms with van der Waals surface area (Å²) in [4.78, 5) is 27.8. The summed E-state index contributed by atoms with van der Waals surface area (Å²) in [6.45, 7) is 2.25. The number of anilines is 1. The Hall–Kier alpha value is -2.18. The Labute approximate surface area is 169 Å². The van der Waals surface area contributed by atoms with Gasteiger partial charge in [-0.1, -0.05) is 30.3 Å². The lowest BCUT2D eigenvalue weighted by molar-refractivity contribution is -0.117. The first-order valence-electron chi connectivity index (χ1n) is 10.1. The molecule has 1 fully saturated rings. The van der Waals surface area contributed by atoms with Gasteiger partial charge >= 0.3 is 0 Å². The lowest BCUT2D eigenvalue weighted by atomic mass is 9.90. The number of thiophene rings is 1. The molecule has 0 saturated carbocycles. The Morgan fingerprint density at radius 2 is 1.89 bits per heavy atom. The van der Waals surface area contributed by atoms with E-state index in [0.717, 1.165) is 57.2 Å². The van der Waals surface area contributed by atoms with Crippen LogP contribution >= 0.6 is 11.3 Å². The summed E-state index contributed by atoms with van der Waals surface area (Å²) in [6, 6.07) is 10.6. The van der Waals surface area contributed by atoms with Crippen LogP contribution in [0.2, 0.25) is 0 Å². The second kappa shape index (κ2) is 8.45. The van der Waals surface area contributed by atoms with Crippen LogP contribution in [0.15, 0.2) is 30.3 Å². The van der Waals surface area contributed by atoms with Gasteiger partial charge in [-0.15, -0.1) is 11.3 Å². The Morgan fingerprint density at radius 1 is 1.14 bits per heavy atom. The standard InChI is InChI=1S/C22H27N3O2S/c23-21(27)20-17-7-4-8-18(17)28-22(20)24-19(26)14-25-11-9-16(10-12-25)13-15-5-2-1-3-6-15/h1-3,5-6,16H,4,7-14H2,(H2,23,27)(H,24,26). The van der Waals surface area contributed by atoms with Crippen molar-refractivity contribution in [3.8, 4) is 0 Å². The number of aryl methyl sites for hydroxylation is 1. The summed E-state index contributed by atoms with van der Waals surface area (Å²) in [5.41, 5.74) is 8.55. The molecule has 0 unspecified atom stereocenters. The van der Waals surface area contributed by atoms with Crippen LogP contribution in [-0.4, -0.2) is 36.3 Å². The second-order valence-corrected chi connectivity index (χ2v) is 8.99. The molecule has 0 bridgehead atoms. The lowest BCUT2D eigenvalue weighted by Crippen LogP contribution is -2.39. The fourth-order valence-corrected chi connectivity index (χ4v) is 5.73. The molecule has 3 N–H and O–H groups in total. The first-order valence-corrected chi connectivity index (χ1v) is 10.9. The number of fused-ring (bicyclic) bond motifs is 1. The third kappa shape index (κ3) is 4.28. The fraction of sp³-hybridized carbons (Fsp3) is 0.455. The molecule has 28 heavy (non-hydrogen) atoms. The quantitative estimate of drug-likeness (QED) is 0.786. The van der Waals surface area contributed by atoms with Gasteiger partial charge in [-0.3, -0.25) is 14.5 Å². The summed E-state index contributed by atoms with van der Waals surface area (Å²) in [7, 11) is 0. The molecule has 2 aromatic rings.